The van der Waals surface area contributed by atoms with Crippen LogP contribution < -0.4 is 5.32 Å². The van der Waals surface area contributed by atoms with Crippen molar-refractivity contribution in [2.45, 2.75) is 19.8 Å². The van der Waals surface area contributed by atoms with Gasteiger partial charge >= 0.3 is 0 Å². The lowest BCUT2D eigenvalue weighted by Crippen LogP contribution is -2.13. The molecule has 0 aliphatic rings. The summed E-state index contributed by atoms with van der Waals surface area (Å²) in [7, 11) is 0. The van der Waals surface area contributed by atoms with E-state index in [9.17, 15) is 9.18 Å². The number of benzene rings is 2. The van der Waals surface area contributed by atoms with E-state index in [0.717, 1.165) is 22.6 Å². The Morgan fingerprint density at radius 1 is 1.07 bits per heavy atom. The quantitative estimate of drug-likeness (QED) is 0.534. The third kappa shape index (κ3) is 3.78. The van der Waals surface area contributed by atoms with Gasteiger partial charge in [-0.05, 0) is 43.7 Å². The lowest BCUT2D eigenvalue weighted by Gasteiger charge is -2.07. The van der Waals surface area contributed by atoms with Crippen LogP contribution in [-0.4, -0.2) is 15.3 Å². The minimum atomic E-state index is -0.374. The van der Waals surface area contributed by atoms with Crippen LogP contribution >= 0.6 is 0 Å². The Hall–Kier alpha value is -3.47. The normalized spacial score (nSPS) is 10.9. The van der Waals surface area contributed by atoms with Crippen LogP contribution in [0.4, 0.5) is 10.1 Å². The number of aryl methyl sites for hydroxylation is 2. The average Bonchev–Trinajstić information content (AvgIpc) is 3.05. The third-order valence-corrected chi connectivity index (χ3v) is 4.65. The van der Waals surface area contributed by atoms with Crippen molar-refractivity contribution in [2.75, 3.05) is 5.32 Å². The highest BCUT2D eigenvalue weighted by Crippen LogP contribution is 2.26. The smallest absolute Gasteiger partial charge is 0.224 e. The Balaban J connectivity index is 1.59. The summed E-state index contributed by atoms with van der Waals surface area (Å²) in [6.45, 7) is 2.05. The molecule has 140 valence electrons. The molecule has 0 unspecified atom stereocenters. The minimum absolute atomic E-state index is 0.161. The van der Waals surface area contributed by atoms with Gasteiger partial charge in [0.05, 0.1) is 11.4 Å². The van der Waals surface area contributed by atoms with Gasteiger partial charge in [0, 0.05) is 23.9 Å². The monoisotopic (exact) mass is 373 g/mol. The maximum atomic E-state index is 13.3. The molecule has 0 radical (unpaired) electrons. The van der Waals surface area contributed by atoms with Crippen molar-refractivity contribution in [1.82, 2.24) is 9.38 Å². The molecule has 4 rings (SSSR count). The van der Waals surface area contributed by atoms with Gasteiger partial charge in [-0.2, -0.15) is 0 Å². The number of aromatic nitrogens is 2. The van der Waals surface area contributed by atoms with Crippen molar-refractivity contribution in [3.63, 3.8) is 0 Å². The highest BCUT2D eigenvalue weighted by atomic mass is 19.1. The number of fused-ring (bicyclic) bond motifs is 1. The standard InChI is InChI=1S/C23H20FN3O/c1-16-8-10-17(11-9-16)23-20(27-14-3-2-7-21(27)26-23)12-13-22(28)25-19-6-4-5-18(24)15-19/h2-11,14-15H,12-13H2,1H3,(H,25,28). The average molecular weight is 373 g/mol. The molecule has 0 bridgehead atoms. The molecule has 0 aliphatic carbocycles. The van der Waals surface area contributed by atoms with Crippen LogP contribution in [0.3, 0.4) is 0 Å². The number of imidazole rings is 1. The number of nitrogens with one attached hydrogen (secondary N) is 1. The molecule has 4 nitrogen and oxygen atoms in total. The topological polar surface area (TPSA) is 46.4 Å². The Kier molecular flexibility index (Phi) is 4.89. The highest BCUT2D eigenvalue weighted by Gasteiger charge is 2.15. The van der Waals surface area contributed by atoms with Gasteiger partial charge in [0.15, 0.2) is 0 Å². The van der Waals surface area contributed by atoms with Gasteiger partial charge in [0.25, 0.3) is 0 Å². The van der Waals surface area contributed by atoms with Crippen LogP contribution in [0.2, 0.25) is 0 Å². The first kappa shape index (κ1) is 17.9. The lowest BCUT2D eigenvalue weighted by molar-refractivity contribution is -0.116. The van der Waals surface area contributed by atoms with E-state index in [4.69, 9.17) is 4.98 Å². The summed E-state index contributed by atoms with van der Waals surface area (Å²) >= 11 is 0. The molecule has 2 aromatic carbocycles. The molecular formula is C23H20FN3O. The van der Waals surface area contributed by atoms with E-state index >= 15 is 0 Å². The molecule has 2 aromatic heterocycles. The maximum absolute atomic E-state index is 13.3. The summed E-state index contributed by atoms with van der Waals surface area (Å²) in [5, 5.41) is 2.75. The van der Waals surface area contributed by atoms with Crippen molar-refractivity contribution < 1.29 is 9.18 Å². The first-order chi connectivity index (χ1) is 13.6. The Morgan fingerprint density at radius 2 is 1.89 bits per heavy atom. The Labute approximate surface area is 162 Å². The SMILES string of the molecule is Cc1ccc(-c2nc3ccccn3c2CCC(=O)Nc2cccc(F)c2)cc1. The van der Waals surface area contributed by atoms with Crippen molar-refractivity contribution in [1.29, 1.82) is 0 Å². The van der Waals surface area contributed by atoms with Gasteiger partial charge < -0.3 is 9.72 Å². The van der Waals surface area contributed by atoms with Crippen LogP contribution in [0, 0.1) is 12.7 Å². The van der Waals surface area contributed by atoms with E-state index in [-0.39, 0.29) is 18.1 Å². The van der Waals surface area contributed by atoms with Crippen molar-refractivity contribution in [2.24, 2.45) is 0 Å². The Bertz CT molecular complexity index is 1130. The summed E-state index contributed by atoms with van der Waals surface area (Å²) in [5.41, 5.74) is 5.37. The fraction of sp³-hybridized carbons (Fsp3) is 0.130. The summed E-state index contributed by atoms with van der Waals surface area (Å²) in [6.07, 6.45) is 2.76. The second-order valence-electron chi connectivity index (χ2n) is 6.76. The number of pyridine rings is 1. The van der Waals surface area contributed by atoms with Gasteiger partial charge in [0.2, 0.25) is 5.91 Å². The third-order valence-electron chi connectivity index (χ3n) is 4.65. The molecule has 0 saturated carbocycles. The van der Waals surface area contributed by atoms with E-state index < -0.39 is 0 Å². The van der Waals surface area contributed by atoms with Crippen LogP contribution in [0.25, 0.3) is 16.9 Å². The van der Waals surface area contributed by atoms with Gasteiger partial charge in [-0.25, -0.2) is 9.37 Å². The number of anilines is 1. The second kappa shape index (κ2) is 7.64. The summed E-state index contributed by atoms with van der Waals surface area (Å²) in [6, 6.07) is 20.0. The maximum Gasteiger partial charge on any atom is 0.224 e. The number of rotatable bonds is 5. The van der Waals surface area contributed by atoms with Crippen molar-refractivity contribution in [3.8, 4) is 11.3 Å². The number of carbonyl (C=O) groups excluding carboxylic acids is 1. The fourth-order valence-corrected chi connectivity index (χ4v) is 3.25. The summed E-state index contributed by atoms with van der Waals surface area (Å²) in [4.78, 5) is 17.2. The molecule has 28 heavy (non-hydrogen) atoms. The predicted molar refractivity (Wildman–Crippen MR) is 109 cm³/mol. The molecule has 0 saturated heterocycles. The first-order valence-electron chi connectivity index (χ1n) is 9.18. The second-order valence-corrected chi connectivity index (χ2v) is 6.76. The van der Waals surface area contributed by atoms with E-state index in [1.54, 1.807) is 12.1 Å². The number of amides is 1. The molecule has 0 atom stereocenters. The van der Waals surface area contributed by atoms with Crippen molar-refractivity contribution in [3.05, 3.63) is 90.0 Å². The summed E-state index contributed by atoms with van der Waals surface area (Å²) < 4.78 is 15.3. The molecule has 5 heteroatoms. The van der Waals surface area contributed by atoms with Crippen molar-refractivity contribution >= 4 is 17.2 Å². The molecule has 0 spiro atoms. The van der Waals surface area contributed by atoms with Crippen LogP contribution in [0.5, 0.6) is 0 Å². The molecule has 2 heterocycles. The highest BCUT2D eigenvalue weighted by molar-refractivity contribution is 5.90. The number of carbonyl (C=O) groups is 1. The zero-order valence-corrected chi connectivity index (χ0v) is 15.5. The van der Waals surface area contributed by atoms with Gasteiger partial charge in [-0.3, -0.25) is 4.79 Å². The number of halogens is 1. The zero-order chi connectivity index (χ0) is 19.5. The summed E-state index contributed by atoms with van der Waals surface area (Å²) in [5.74, 6) is -0.535. The number of nitrogens with zero attached hydrogens (tertiary/aromatic N) is 2. The number of hydrogen-bond acceptors (Lipinski definition) is 2. The zero-order valence-electron chi connectivity index (χ0n) is 15.5. The van der Waals surface area contributed by atoms with Gasteiger partial charge in [0.1, 0.15) is 11.5 Å². The number of hydrogen-bond donors (Lipinski definition) is 1. The van der Waals surface area contributed by atoms with Gasteiger partial charge in [-0.1, -0.05) is 42.0 Å². The molecule has 0 fully saturated rings. The molecule has 0 aliphatic heterocycles. The molecule has 1 amide bonds. The van der Waals surface area contributed by atoms with E-state index in [1.807, 2.05) is 47.9 Å². The molecule has 1 N–H and O–H groups in total. The molecule has 4 aromatic rings. The van der Waals surface area contributed by atoms with Gasteiger partial charge in [-0.15, -0.1) is 0 Å². The molecular weight excluding hydrogens is 353 g/mol. The van der Waals surface area contributed by atoms with E-state index in [0.29, 0.717) is 12.1 Å². The Morgan fingerprint density at radius 3 is 2.68 bits per heavy atom. The lowest BCUT2D eigenvalue weighted by atomic mass is 10.1. The minimum Gasteiger partial charge on any atom is -0.326 e. The largest absolute Gasteiger partial charge is 0.326 e. The van der Waals surface area contributed by atoms with Crippen LogP contribution in [0.15, 0.2) is 72.9 Å². The van der Waals surface area contributed by atoms with E-state index in [1.165, 1.54) is 17.7 Å². The van der Waals surface area contributed by atoms with Crippen LogP contribution in [-0.2, 0) is 11.2 Å². The van der Waals surface area contributed by atoms with E-state index in [2.05, 4.69) is 17.4 Å². The fourth-order valence-electron chi connectivity index (χ4n) is 3.25. The first-order valence-corrected chi connectivity index (χ1v) is 9.18. The van der Waals surface area contributed by atoms with Crippen LogP contribution in [0.1, 0.15) is 17.7 Å². The predicted octanol–water partition coefficient (Wildman–Crippen LogP) is 5.02.